The minimum Gasteiger partial charge on any atom is -0.289 e. The van der Waals surface area contributed by atoms with Crippen molar-refractivity contribution in [1.82, 2.24) is 0 Å². The van der Waals surface area contributed by atoms with Gasteiger partial charge in [-0.2, -0.15) is 0 Å². The first-order valence-corrected chi connectivity index (χ1v) is 12.9. The molecule has 0 aliphatic carbocycles. The van der Waals surface area contributed by atoms with Crippen molar-refractivity contribution in [3.8, 4) is 0 Å². The van der Waals surface area contributed by atoms with Crippen molar-refractivity contribution in [3.05, 3.63) is 179 Å². The topological polar surface area (TPSA) is 68.3 Å². The smallest absolute Gasteiger partial charge is 0.252 e. The number of benzene rings is 5. The van der Waals surface area contributed by atoms with Crippen LogP contribution in [-0.2, 0) is 0 Å². The van der Waals surface area contributed by atoms with Crippen LogP contribution in [0.15, 0.2) is 146 Å². The average molecular weight is 567 g/mol. The lowest BCUT2D eigenvalue weighted by atomic mass is 9.99. The molecule has 0 aromatic heterocycles. The first-order chi connectivity index (χ1) is 19.4. The second-order valence-electron chi connectivity index (χ2n) is 8.25. The van der Waals surface area contributed by atoms with Crippen LogP contribution in [0.5, 0.6) is 0 Å². The van der Waals surface area contributed by atoms with Gasteiger partial charge in [0.15, 0.2) is 11.6 Å². The summed E-state index contributed by atoms with van der Waals surface area (Å²) in [6.07, 6.45) is 0. The molecule has 0 bridgehead atoms. The van der Waals surface area contributed by atoms with E-state index in [1.165, 1.54) is 24.3 Å². The maximum atomic E-state index is 12.3. The highest BCUT2D eigenvalue weighted by atomic mass is 35.5. The van der Waals surface area contributed by atoms with Crippen molar-refractivity contribution < 1.29 is 19.2 Å². The van der Waals surface area contributed by atoms with Gasteiger partial charge in [0.1, 0.15) is 0 Å². The molecule has 5 aromatic carbocycles. The van der Waals surface area contributed by atoms with Gasteiger partial charge in [0.25, 0.3) is 10.5 Å². The molecule has 5 aromatic rings. The fraction of sp³-hybridized carbons (Fsp3) is 0. The van der Waals surface area contributed by atoms with E-state index in [1.54, 1.807) is 48.5 Å². The lowest BCUT2D eigenvalue weighted by molar-refractivity contribution is 0.102. The number of hydrogen-bond acceptors (Lipinski definition) is 4. The van der Waals surface area contributed by atoms with E-state index < -0.39 is 10.5 Å². The predicted octanol–water partition coefficient (Wildman–Crippen LogP) is 8.28. The summed E-state index contributed by atoms with van der Waals surface area (Å²) < 4.78 is 0. The maximum Gasteiger partial charge on any atom is 0.252 e. The van der Waals surface area contributed by atoms with Gasteiger partial charge in [0, 0.05) is 33.4 Å². The molecule has 0 saturated carbocycles. The van der Waals surface area contributed by atoms with E-state index in [4.69, 9.17) is 23.2 Å². The molecule has 198 valence electrons. The first-order valence-electron chi connectivity index (χ1n) is 12.2. The monoisotopic (exact) mass is 566 g/mol. The van der Waals surface area contributed by atoms with E-state index >= 15 is 0 Å². The summed E-state index contributed by atoms with van der Waals surface area (Å²) in [6, 6.07) is 42.8. The summed E-state index contributed by atoms with van der Waals surface area (Å²) >= 11 is 10.4. The highest BCUT2D eigenvalue weighted by molar-refractivity contribution is 6.68. The molecule has 0 spiro atoms. The second-order valence-corrected chi connectivity index (χ2v) is 8.93. The highest BCUT2D eigenvalue weighted by Gasteiger charge is 2.11. The zero-order chi connectivity index (χ0) is 28.7. The van der Waals surface area contributed by atoms with Crippen molar-refractivity contribution in [1.29, 1.82) is 0 Å². The van der Waals surface area contributed by atoms with Gasteiger partial charge in [-0.3, -0.25) is 19.2 Å². The molecule has 0 aliphatic heterocycles. The molecular formula is C34H24Cl2O4. The summed E-state index contributed by atoms with van der Waals surface area (Å²) in [5.74, 6) is -0.0846. The van der Waals surface area contributed by atoms with Crippen LogP contribution in [0, 0.1) is 0 Å². The lowest BCUT2D eigenvalue weighted by Crippen LogP contribution is -2.04. The Kier molecular flexibility index (Phi) is 11.7. The summed E-state index contributed by atoms with van der Waals surface area (Å²) in [5.41, 5.74) is 3.14. The molecule has 4 nitrogen and oxygen atoms in total. The Balaban J connectivity index is 0.000000204. The molecule has 0 saturated heterocycles. The number of ketones is 2. The van der Waals surface area contributed by atoms with Gasteiger partial charge >= 0.3 is 0 Å². The zero-order valence-corrected chi connectivity index (χ0v) is 22.8. The van der Waals surface area contributed by atoms with E-state index in [0.29, 0.717) is 33.4 Å². The summed E-state index contributed by atoms with van der Waals surface area (Å²) in [6.45, 7) is 0. The van der Waals surface area contributed by atoms with Crippen LogP contribution in [0.4, 0.5) is 0 Å². The third kappa shape index (κ3) is 9.28. The molecule has 0 heterocycles. The highest BCUT2D eigenvalue weighted by Crippen LogP contribution is 2.14. The molecule has 0 radical (unpaired) electrons. The Bertz CT molecular complexity index is 1400. The van der Waals surface area contributed by atoms with E-state index in [2.05, 4.69) is 0 Å². The summed E-state index contributed by atoms with van der Waals surface area (Å²) in [4.78, 5) is 45.8. The molecule has 0 unspecified atom stereocenters. The molecule has 0 atom stereocenters. The van der Waals surface area contributed by atoms with Crippen molar-refractivity contribution in [3.63, 3.8) is 0 Å². The predicted molar refractivity (Wildman–Crippen MR) is 159 cm³/mol. The van der Waals surface area contributed by atoms with Crippen molar-refractivity contribution in [2.24, 2.45) is 0 Å². The van der Waals surface area contributed by atoms with Crippen molar-refractivity contribution >= 4 is 45.3 Å². The number of rotatable bonds is 6. The minimum absolute atomic E-state index is 0.0423. The van der Waals surface area contributed by atoms with Gasteiger partial charge < -0.3 is 0 Å². The first kappa shape index (κ1) is 29.9. The quantitative estimate of drug-likeness (QED) is 0.153. The standard InChI is InChI=1S/C20H14O2.C8H4Cl2O2.C6H6/c21-19(15-7-3-1-4-8-15)17-11-13-18(14-12-17)20(22)16-9-5-2-6-10-16;9-7(11)5-1-2-6(4-3-5)8(10)12;1-2-4-6-5-3-1/h1-14H;1-4H;1-6H. The largest absolute Gasteiger partial charge is 0.289 e. The zero-order valence-electron chi connectivity index (χ0n) is 21.2. The van der Waals surface area contributed by atoms with Gasteiger partial charge in [-0.15, -0.1) is 0 Å². The van der Waals surface area contributed by atoms with Gasteiger partial charge in [-0.05, 0) is 47.5 Å². The van der Waals surface area contributed by atoms with Crippen LogP contribution >= 0.6 is 23.2 Å². The molecule has 0 N–H and O–H groups in total. The Labute approximate surface area is 242 Å². The van der Waals surface area contributed by atoms with Crippen molar-refractivity contribution in [2.45, 2.75) is 0 Å². The minimum atomic E-state index is -0.552. The normalized spacial score (nSPS) is 9.65. The van der Waals surface area contributed by atoms with E-state index in [1.807, 2.05) is 72.8 Å². The van der Waals surface area contributed by atoms with E-state index in [9.17, 15) is 19.2 Å². The van der Waals surface area contributed by atoms with Crippen LogP contribution in [0.2, 0.25) is 0 Å². The molecule has 0 aliphatic rings. The molecule has 5 rings (SSSR count). The fourth-order valence-corrected chi connectivity index (χ4v) is 3.65. The number of halogens is 2. The molecule has 6 heteroatoms. The van der Waals surface area contributed by atoms with Crippen molar-refractivity contribution in [2.75, 3.05) is 0 Å². The van der Waals surface area contributed by atoms with Gasteiger partial charge in [0.05, 0.1) is 0 Å². The van der Waals surface area contributed by atoms with E-state index in [-0.39, 0.29) is 11.6 Å². The third-order valence-corrected chi connectivity index (χ3v) is 5.92. The van der Waals surface area contributed by atoms with Crippen LogP contribution in [-0.4, -0.2) is 22.1 Å². The van der Waals surface area contributed by atoms with Gasteiger partial charge in [0.2, 0.25) is 0 Å². The fourth-order valence-electron chi connectivity index (χ4n) is 3.40. The van der Waals surface area contributed by atoms with Crippen LogP contribution in [0.3, 0.4) is 0 Å². The van der Waals surface area contributed by atoms with Crippen LogP contribution in [0.1, 0.15) is 52.6 Å². The Morgan fingerprint density at radius 1 is 0.300 bits per heavy atom. The van der Waals surface area contributed by atoms with Gasteiger partial charge in [-0.1, -0.05) is 121 Å². The third-order valence-electron chi connectivity index (χ3n) is 5.49. The Morgan fingerprint density at radius 3 is 0.750 bits per heavy atom. The molecule has 0 amide bonds. The summed E-state index contributed by atoms with van der Waals surface area (Å²) in [5, 5.41) is -1.10. The SMILES string of the molecule is O=C(Cl)c1ccc(C(=O)Cl)cc1.O=C(c1ccccc1)c1ccc(C(=O)c2ccccc2)cc1.c1ccccc1. The van der Waals surface area contributed by atoms with Crippen LogP contribution in [0.25, 0.3) is 0 Å². The molecular weight excluding hydrogens is 543 g/mol. The lowest BCUT2D eigenvalue weighted by Gasteiger charge is -2.04. The Hall–Kier alpha value is -4.64. The van der Waals surface area contributed by atoms with Crippen LogP contribution < -0.4 is 0 Å². The van der Waals surface area contributed by atoms with Gasteiger partial charge in [-0.25, -0.2) is 0 Å². The molecule has 40 heavy (non-hydrogen) atoms. The second kappa shape index (κ2) is 15.7. The van der Waals surface area contributed by atoms with E-state index in [0.717, 1.165) is 0 Å². The number of carbonyl (C=O) groups excluding carboxylic acids is 4. The average Bonchev–Trinajstić information content (AvgIpc) is 3.03. The number of hydrogen-bond donors (Lipinski definition) is 0. The number of carbonyl (C=O) groups is 4. The maximum absolute atomic E-state index is 12.3. The summed E-state index contributed by atoms with van der Waals surface area (Å²) in [7, 11) is 0. The molecule has 0 fully saturated rings. The Morgan fingerprint density at radius 2 is 0.500 bits per heavy atom.